The fourth-order valence-corrected chi connectivity index (χ4v) is 3.97. The van der Waals surface area contributed by atoms with Gasteiger partial charge in [0.2, 0.25) is 0 Å². The van der Waals surface area contributed by atoms with Crippen molar-refractivity contribution >= 4 is 11.6 Å². The topological polar surface area (TPSA) is 75.9 Å². The third-order valence-electron chi connectivity index (χ3n) is 5.67. The number of hydrogen-bond donors (Lipinski definition) is 2. The molecule has 0 bridgehead atoms. The summed E-state index contributed by atoms with van der Waals surface area (Å²) in [5.74, 6) is 2.38. The first-order valence-corrected chi connectivity index (χ1v) is 10.7. The maximum absolute atomic E-state index is 5.42. The maximum Gasteiger partial charge on any atom is 0.191 e. The summed E-state index contributed by atoms with van der Waals surface area (Å²) < 4.78 is 12.9. The Morgan fingerprint density at radius 1 is 1.16 bits per heavy atom. The van der Waals surface area contributed by atoms with Crippen LogP contribution in [0.3, 0.4) is 0 Å². The van der Waals surface area contributed by atoms with Crippen LogP contribution in [0.15, 0.2) is 66.2 Å². The van der Waals surface area contributed by atoms with Gasteiger partial charge >= 0.3 is 0 Å². The molecular formula is C24H30N6O2. The van der Waals surface area contributed by atoms with Gasteiger partial charge in [0.05, 0.1) is 26.2 Å². The zero-order chi connectivity index (χ0) is 22.3. The Balaban J connectivity index is 1.37. The Morgan fingerprint density at radius 2 is 1.94 bits per heavy atom. The molecule has 0 saturated carbocycles. The van der Waals surface area contributed by atoms with Crippen LogP contribution >= 0.6 is 0 Å². The minimum absolute atomic E-state index is 0.294. The Kier molecular flexibility index (Phi) is 6.79. The van der Waals surface area contributed by atoms with E-state index in [0.717, 1.165) is 48.3 Å². The first kappa shape index (κ1) is 21.5. The van der Waals surface area contributed by atoms with Crippen molar-refractivity contribution in [1.29, 1.82) is 0 Å². The molecule has 2 heterocycles. The van der Waals surface area contributed by atoms with Crippen molar-refractivity contribution < 1.29 is 9.47 Å². The van der Waals surface area contributed by atoms with Crippen molar-refractivity contribution in [2.75, 3.05) is 39.3 Å². The first-order valence-electron chi connectivity index (χ1n) is 10.7. The Labute approximate surface area is 188 Å². The fourth-order valence-electron chi connectivity index (χ4n) is 3.97. The predicted octanol–water partition coefficient (Wildman–Crippen LogP) is 2.83. The average Bonchev–Trinajstić information content (AvgIpc) is 3.54. The monoisotopic (exact) mass is 434 g/mol. The van der Waals surface area contributed by atoms with Crippen LogP contribution in [0, 0.1) is 0 Å². The first-order chi connectivity index (χ1) is 15.7. The van der Waals surface area contributed by atoms with Crippen molar-refractivity contribution in [3.63, 3.8) is 0 Å². The van der Waals surface area contributed by atoms with Crippen LogP contribution in [0.2, 0.25) is 0 Å². The Morgan fingerprint density at radius 3 is 2.62 bits per heavy atom. The van der Waals surface area contributed by atoms with Crippen molar-refractivity contribution in [3.8, 4) is 17.2 Å². The molecule has 1 fully saturated rings. The molecule has 8 nitrogen and oxygen atoms in total. The summed E-state index contributed by atoms with van der Waals surface area (Å²) in [6.07, 6.45) is 6.57. The molecule has 0 amide bonds. The molecule has 0 spiro atoms. The highest BCUT2D eigenvalue weighted by molar-refractivity contribution is 5.80. The zero-order valence-corrected chi connectivity index (χ0v) is 18.8. The standard InChI is InChI=1S/C24H30N6O2/c1-25-24(27-15-18-6-4-5-7-23(18)30-11-9-26-17-30)28-19-8-10-29(16-19)20-12-21(31-2)14-22(13-20)32-3/h4-7,9,11-14,17,19H,8,10,15-16H2,1-3H3,(H2,25,27,28). The van der Waals surface area contributed by atoms with Gasteiger partial charge in [0.15, 0.2) is 5.96 Å². The lowest BCUT2D eigenvalue weighted by Gasteiger charge is -2.22. The third-order valence-corrected chi connectivity index (χ3v) is 5.67. The number of benzene rings is 2. The largest absolute Gasteiger partial charge is 0.497 e. The maximum atomic E-state index is 5.42. The molecule has 1 aliphatic rings. The van der Waals surface area contributed by atoms with Gasteiger partial charge in [0.1, 0.15) is 11.5 Å². The summed E-state index contributed by atoms with van der Waals surface area (Å²) >= 11 is 0. The SMILES string of the molecule is CN=C(NCc1ccccc1-n1ccnc1)NC1CCN(c2cc(OC)cc(OC)c2)C1. The molecule has 2 N–H and O–H groups in total. The predicted molar refractivity (Wildman–Crippen MR) is 127 cm³/mol. The number of nitrogens with zero attached hydrogens (tertiary/aromatic N) is 4. The van der Waals surface area contributed by atoms with E-state index >= 15 is 0 Å². The number of imidazole rings is 1. The Hall–Kier alpha value is -3.68. The van der Waals surface area contributed by atoms with E-state index < -0.39 is 0 Å². The molecule has 1 unspecified atom stereocenters. The fraction of sp³-hybridized carbons (Fsp3) is 0.333. The quantitative estimate of drug-likeness (QED) is 0.440. The van der Waals surface area contributed by atoms with E-state index in [4.69, 9.17) is 9.47 Å². The van der Waals surface area contributed by atoms with Crippen LogP contribution in [-0.4, -0.2) is 55.9 Å². The van der Waals surface area contributed by atoms with Gasteiger partial charge in [-0.15, -0.1) is 0 Å². The van der Waals surface area contributed by atoms with E-state index in [9.17, 15) is 0 Å². The van der Waals surface area contributed by atoms with Gasteiger partial charge in [0, 0.05) is 69.0 Å². The minimum Gasteiger partial charge on any atom is -0.497 e. The molecule has 32 heavy (non-hydrogen) atoms. The summed E-state index contributed by atoms with van der Waals surface area (Å²) in [5, 5.41) is 7.02. The molecule has 0 aliphatic carbocycles. The molecule has 1 aliphatic heterocycles. The number of nitrogens with one attached hydrogen (secondary N) is 2. The van der Waals surface area contributed by atoms with Gasteiger partial charge in [0.25, 0.3) is 0 Å². The van der Waals surface area contributed by atoms with Crippen LogP contribution in [-0.2, 0) is 6.54 Å². The van der Waals surface area contributed by atoms with Gasteiger partial charge in [-0.1, -0.05) is 18.2 Å². The van der Waals surface area contributed by atoms with Crippen molar-refractivity contribution in [3.05, 3.63) is 66.7 Å². The van der Waals surface area contributed by atoms with E-state index in [0.29, 0.717) is 12.6 Å². The molecule has 1 aromatic heterocycles. The van der Waals surface area contributed by atoms with Crippen molar-refractivity contribution in [2.24, 2.45) is 4.99 Å². The summed E-state index contributed by atoms with van der Waals surface area (Å²) in [5.41, 5.74) is 3.37. The van der Waals surface area contributed by atoms with Crippen molar-refractivity contribution in [1.82, 2.24) is 20.2 Å². The number of para-hydroxylation sites is 1. The van der Waals surface area contributed by atoms with E-state index in [1.54, 1.807) is 27.5 Å². The van der Waals surface area contributed by atoms with E-state index in [1.807, 2.05) is 47.4 Å². The lowest BCUT2D eigenvalue weighted by atomic mass is 10.1. The van der Waals surface area contributed by atoms with Gasteiger partial charge in [-0.2, -0.15) is 0 Å². The van der Waals surface area contributed by atoms with Gasteiger partial charge in [-0.3, -0.25) is 4.99 Å². The highest BCUT2D eigenvalue weighted by Crippen LogP contribution is 2.30. The van der Waals surface area contributed by atoms with Gasteiger partial charge < -0.3 is 29.6 Å². The molecule has 3 aromatic rings. The van der Waals surface area contributed by atoms with E-state index in [2.05, 4.69) is 37.6 Å². The van der Waals surface area contributed by atoms with Crippen LogP contribution in [0.1, 0.15) is 12.0 Å². The molecule has 1 saturated heterocycles. The second-order valence-corrected chi connectivity index (χ2v) is 7.67. The number of methoxy groups -OCH3 is 2. The summed E-state index contributed by atoms with van der Waals surface area (Å²) in [7, 11) is 5.15. The lowest BCUT2D eigenvalue weighted by molar-refractivity contribution is 0.394. The molecule has 168 valence electrons. The highest BCUT2D eigenvalue weighted by atomic mass is 16.5. The molecule has 8 heteroatoms. The second kappa shape index (κ2) is 10.1. The van der Waals surface area contributed by atoms with Crippen LogP contribution in [0.25, 0.3) is 5.69 Å². The number of guanidine groups is 1. The molecule has 1 atom stereocenters. The van der Waals surface area contributed by atoms with Gasteiger partial charge in [-0.05, 0) is 18.1 Å². The van der Waals surface area contributed by atoms with E-state index in [-0.39, 0.29) is 0 Å². The smallest absolute Gasteiger partial charge is 0.191 e. The number of ether oxygens (including phenoxy) is 2. The van der Waals surface area contributed by atoms with E-state index in [1.165, 1.54) is 5.56 Å². The minimum atomic E-state index is 0.294. The molecule has 2 aromatic carbocycles. The highest BCUT2D eigenvalue weighted by Gasteiger charge is 2.24. The second-order valence-electron chi connectivity index (χ2n) is 7.67. The molecule has 0 radical (unpaired) electrons. The van der Waals surface area contributed by atoms with Crippen LogP contribution in [0.5, 0.6) is 11.5 Å². The zero-order valence-electron chi connectivity index (χ0n) is 18.8. The van der Waals surface area contributed by atoms with Crippen molar-refractivity contribution in [2.45, 2.75) is 19.0 Å². The van der Waals surface area contributed by atoms with Crippen LogP contribution in [0.4, 0.5) is 5.69 Å². The normalized spacial score (nSPS) is 16.2. The summed E-state index contributed by atoms with van der Waals surface area (Å²) in [6, 6.07) is 14.6. The summed E-state index contributed by atoms with van der Waals surface area (Å²) in [6.45, 7) is 2.49. The van der Waals surface area contributed by atoms with Crippen LogP contribution < -0.4 is 25.0 Å². The lowest BCUT2D eigenvalue weighted by Crippen LogP contribution is -2.44. The number of rotatable bonds is 7. The third kappa shape index (κ3) is 4.96. The molecular weight excluding hydrogens is 404 g/mol. The average molecular weight is 435 g/mol. The molecule has 4 rings (SSSR count). The number of aliphatic imine (C=N–C) groups is 1. The Bertz CT molecular complexity index is 1030. The van der Waals surface area contributed by atoms with Gasteiger partial charge in [-0.25, -0.2) is 4.98 Å². The number of hydrogen-bond acceptors (Lipinski definition) is 5. The number of aromatic nitrogens is 2. The summed E-state index contributed by atoms with van der Waals surface area (Å²) in [4.78, 5) is 10.9. The number of anilines is 1.